The molecule has 0 aliphatic heterocycles. The van der Waals surface area contributed by atoms with E-state index in [9.17, 15) is 0 Å². The van der Waals surface area contributed by atoms with Gasteiger partial charge in [-0.25, -0.2) is 9.97 Å². The summed E-state index contributed by atoms with van der Waals surface area (Å²) in [6.45, 7) is 0. The van der Waals surface area contributed by atoms with Crippen molar-refractivity contribution in [2.45, 2.75) is 0 Å². The molecule has 4 aromatic carbocycles. The maximum atomic E-state index is 4.56. The third-order valence-electron chi connectivity index (χ3n) is 4.38. The van der Waals surface area contributed by atoms with Crippen LogP contribution in [0.4, 0.5) is 0 Å². The molecular formula is C20H12N2. The molecule has 0 bridgehead atoms. The van der Waals surface area contributed by atoms with Crippen molar-refractivity contribution in [3.05, 3.63) is 73.2 Å². The van der Waals surface area contributed by atoms with Crippen molar-refractivity contribution in [3.8, 4) is 0 Å². The quantitative estimate of drug-likeness (QED) is 0.369. The van der Waals surface area contributed by atoms with Gasteiger partial charge in [-0.05, 0) is 21.5 Å². The summed E-state index contributed by atoms with van der Waals surface area (Å²) >= 11 is 0. The fraction of sp³-hybridized carbons (Fsp3) is 0. The molecule has 5 aromatic rings. The van der Waals surface area contributed by atoms with E-state index in [4.69, 9.17) is 0 Å². The summed E-state index contributed by atoms with van der Waals surface area (Å²) in [6, 6.07) is 21.4. The SMILES string of the molecule is c1ccc2c(c1)ccc1c3ccccc3c3ncncc3c21. The van der Waals surface area contributed by atoms with Crippen LogP contribution in [0.5, 0.6) is 0 Å². The lowest BCUT2D eigenvalue weighted by Gasteiger charge is -2.11. The molecule has 0 unspecified atom stereocenters. The van der Waals surface area contributed by atoms with Gasteiger partial charge in [-0.1, -0.05) is 60.7 Å². The normalized spacial score (nSPS) is 11.6. The summed E-state index contributed by atoms with van der Waals surface area (Å²) < 4.78 is 0. The maximum Gasteiger partial charge on any atom is 0.116 e. The van der Waals surface area contributed by atoms with Gasteiger partial charge in [0.15, 0.2) is 0 Å². The molecule has 0 fully saturated rings. The van der Waals surface area contributed by atoms with E-state index >= 15 is 0 Å². The topological polar surface area (TPSA) is 25.8 Å². The Morgan fingerprint density at radius 3 is 2.27 bits per heavy atom. The van der Waals surface area contributed by atoms with Crippen LogP contribution < -0.4 is 0 Å². The number of fused-ring (bicyclic) bond motifs is 8. The van der Waals surface area contributed by atoms with Crippen molar-refractivity contribution in [1.29, 1.82) is 0 Å². The van der Waals surface area contributed by atoms with Gasteiger partial charge in [0, 0.05) is 22.4 Å². The second-order valence-corrected chi connectivity index (χ2v) is 5.54. The van der Waals surface area contributed by atoms with Gasteiger partial charge in [-0.3, -0.25) is 0 Å². The minimum Gasteiger partial charge on any atom is -0.244 e. The highest BCUT2D eigenvalue weighted by Crippen LogP contribution is 2.37. The molecule has 0 spiro atoms. The second-order valence-electron chi connectivity index (χ2n) is 5.54. The number of rotatable bonds is 0. The lowest BCUT2D eigenvalue weighted by molar-refractivity contribution is 1.23. The second kappa shape index (κ2) is 4.25. The monoisotopic (exact) mass is 280 g/mol. The van der Waals surface area contributed by atoms with E-state index in [1.54, 1.807) is 6.33 Å². The minimum atomic E-state index is 1.02. The third-order valence-corrected chi connectivity index (χ3v) is 4.38. The Bertz CT molecular complexity index is 1130. The zero-order valence-corrected chi connectivity index (χ0v) is 11.8. The zero-order valence-electron chi connectivity index (χ0n) is 11.8. The molecule has 1 heterocycles. The van der Waals surface area contributed by atoms with Crippen LogP contribution in [0.3, 0.4) is 0 Å². The standard InChI is InChI=1S/C20H12N2/c1-2-6-14-13(5-1)9-10-16-15-7-3-4-8-17(15)20-18(19(14)16)11-21-12-22-20/h1-12H. The number of aromatic nitrogens is 2. The van der Waals surface area contributed by atoms with Gasteiger partial charge < -0.3 is 0 Å². The van der Waals surface area contributed by atoms with Crippen LogP contribution in [0.25, 0.3) is 43.2 Å². The van der Waals surface area contributed by atoms with Gasteiger partial charge in [-0.2, -0.15) is 0 Å². The Hall–Kier alpha value is -3.00. The van der Waals surface area contributed by atoms with Gasteiger partial charge in [0.05, 0.1) is 5.52 Å². The summed E-state index contributed by atoms with van der Waals surface area (Å²) in [5.41, 5.74) is 1.02. The fourth-order valence-electron chi connectivity index (χ4n) is 3.44. The molecule has 0 amide bonds. The van der Waals surface area contributed by atoms with E-state index in [1.807, 2.05) is 6.20 Å². The van der Waals surface area contributed by atoms with E-state index in [0.717, 1.165) is 10.9 Å². The van der Waals surface area contributed by atoms with Crippen molar-refractivity contribution in [2.24, 2.45) is 0 Å². The lowest BCUT2D eigenvalue weighted by atomic mass is 9.94. The smallest absolute Gasteiger partial charge is 0.116 e. The lowest BCUT2D eigenvalue weighted by Crippen LogP contribution is -1.88. The van der Waals surface area contributed by atoms with Crippen molar-refractivity contribution < 1.29 is 0 Å². The molecule has 0 saturated carbocycles. The minimum absolute atomic E-state index is 1.02. The Labute approximate surface area is 127 Å². The van der Waals surface area contributed by atoms with Gasteiger partial charge in [-0.15, -0.1) is 0 Å². The van der Waals surface area contributed by atoms with Crippen LogP contribution in [0.15, 0.2) is 73.2 Å². The highest BCUT2D eigenvalue weighted by atomic mass is 14.8. The first-order valence-corrected chi connectivity index (χ1v) is 7.35. The average Bonchev–Trinajstić information content (AvgIpc) is 2.61. The van der Waals surface area contributed by atoms with Gasteiger partial charge in [0.1, 0.15) is 6.33 Å². The molecule has 5 rings (SSSR count). The van der Waals surface area contributed by atoms with Crippen LogP contribution in [0.2, 0.25) is 0 Å². The predicted molar refractivity (Wildman–Crippen MR) is 92.1 cm³/mol. The molecule has 0 N–H and O–H groups in total. The van der Waals surface area contributed by atoms with E-state index in [1.165, 1.54) is 32.3 Å². The predicted octanol–water partition coefficient (Wildman–Crippen LogP) is 5.09. The molecule has 0 saturated heterocycles. The van der Waals surface area contributed by atoms with Crippen LogP contribution in [-0.2, 0) is 0 Å². The highest BCUT2D eigenvalue weighted by molar-refractivity contribution is 6.30. The zero-order chi connectivity index (χ0) is 14.5. The van der Waals surface area contributed by atoms with E-state index in [0.29, 0.717) is 0 Å². The molecule has 102 valence electrons. The first-order valence-electron chi connectivity index (χ1n) is 7.35. The Morgan fingerprint density at radius 1 is 0.591 bits per heavy atom. The maximum absolute atomic E-state index is 4.56. The van der Waals surface area contributed by atoms with Gasteiger partial charge in [0.2, 0.25) is 0 Å². The van der Waals surface area contributed by atoms with Crippen LogP contribution in [0, 0.1) is 0 Å². The number of benzene rings is 4. The Balaban J connectivity index is 2.24. The van der Waals surface area contributed by atoms with Crippen molar-refractivity contribution in [3.63, 3.8) is 0 Å². The molecule has 2 heteroatoms. The summed E-state index contributed by atoms with van der Waals surface area (Å²) in [4.78, 5) is 8.82. The van der Waals surface area contributed by atoms with E-state index in [-0.39, 0.29) is 0 Å². The molecule has 2 nitrogen and oxygen atoms in total. The number of hydrogen-bond donors (Lipinski definition) is 0. The molecule has 0 aliphatic carbocycles. The van der Waals surface area contributed by atoms with Crippen LogP contribution >= 0.6 is 0 Å². The van der Waals surface area contributed by atoms with Crippen molar-refractivity contribution in [2.75, 3.05) is 0 Å². The van der Waals surface area contributed by atoms with Crippen molar-refractivity contribution >= 4 is 43.2 Å². The fourth-order valence-corrected chi connectivity index (χ4v) is 3.44. The summed E-state index contributed by atoms with van der Waals surface area (Å²) in [7, 11) is 0. The molecular weight excluding hydrogens is 268 g/mol. The molecule has 1 aromatic heterocycles. The Kier molecular flexibility index (Phi) is 2.25. The van der Waals surface area contributed by atoms with Gasteiger partial charge >= 0.3 is 0 Å². The summed E-state index contributed by atoms with van der Waals surface area (Å²) in [6.07, 6.45) is 3.56. The third kappa shape index (κ3) is 1.44. The number of hydrogen-bond acceptors (Lipinski definition) is 2. The van der Waals surface area contributed by atoms with Crippen molar-refractivity contribution in [1.82, 2.24) is 9.97 Å². The number of nitrogens with zero attached hydrogens (tertiary/aromatic N) is 2. The van der Waals surface area contributed by atoms with E-state index < -0.39 is 0 Å². The van der Waals surface area contributed by atoms with Crippen LogP contribution in [0.1, 0.15) is 0 Å². The average molecular weight is 280 g/mol. The van der Waals surface area contributed by atoms with Crippen LogP contribution in [-0.4, -0.2) is 9.97 Å². The van der Waals surface area contributed by atoms with E-state index in [2.05, 4.69) is 70.6 Å². The Morgan fingerprint density at radius 2 is 1.36 bits per heavy atom. The molecule has 0 radical (unpaired) electrons. The highest BCUT2D eigenvalue weighted by Gasteiger charge is 2.11. The molecule has 22 heavy (non-hydrogen) atoms. The molecule has 0 aliphatic rings. The first-order chi connectivity index (χ1) is 10.9. The van der Waals surface area contributed by atoms with Gasteiger partial charge in [0.25, 0.3) is 0 Å². The summed E-state index contributed by atoms with van der Waals surface area (Å²) in [5, 5.41) is 8.55. The molecule has 0 atom stereocenters. The first kappa shape index (κ1) is 11.6. The summed E-state index contributed by atoms with van der Waals surface area (Å²) in [5.74, 6) is 0. The largest absolute Gasteiger partial charge is 0.244 e.